The number of ether oxygens (including phenoxy) is 1. The Bertz CT molecular complexity index is 493. The van der Waals surface area contributed by atoms with Crippen molar-refractivity contribution in [2.75, 3.05) is 36.9 Å². The van der Waals surface area contributed by atoms with Crippen LogP contribution in [0.25, 0.3) is 0 Å². The van der Waals surface area contributed by atoms with E-state index < -0.39 is 0 Å². The molecule has 6 heteroatoms. The van der Waals surface area contributed by atoms with Crippen LogP contribution in [0.2, 0.25) is 0 Å². The minimum absolute atomic E-state index is 0.132. The van der Waals surface area contributed by atoms with Gasteiger partial charge in [0.1, 0.15) is 4.88 Å². The third-order valence-electron chi connectivity index (χ3n) is 3.52. The van der Waals surface area contributed by atoms with Gasteiger partial charge in [0, 0.05) is 26.2 Å². The highest BCUT2D eigenvalue weighted by Gasteiger charge is 2.22. The number of hydrogen-bond acceptors (Lipinski definition) is 5. The maximum absolute atomic E-state index is 12.0. The Labute approximate surface area is 129 Å². The first-order valence-electron chi connectivity index (χ1n) is 7.30. The molecule has 0 radical (unpaired) electrons. The highest BCUT2D eigenvalue weighted by Crippen LogP contribution is 2.34. The number of nitrogens with two attached hydrogens (primary N) is 1. The Balaban J connectivity index is 1.99. The zero-order valence-electron chi connectivity index (χ0n) is 12.4. The van der Waals surface area contributed by atoms with Gasteiger partial charge < -0.3 is 20.7 Å². The Morgan fingerprint density at radius 3 is 2.95 bits per heavy atom. The number of piperidine rings is 1. The number of nitrogens with one attached hydrogen (secondary N) is 1. The van der Waals surface area contributed by atoms with Crippen molar-refractivity contribution in [2.45, 2.75) is 25.9 Å². The molecule has 0 bridgehead atoms. The Kier molecular flexibility index (Phi) is 5.64. The van der Waals surface area contributed by atoms with E-state index in [2.05, 4.69) is 16.8 Å². The normalized spacial score (nSPS) is 16.0. The number of nitrogen functional groups attached to an aromatic ring is 1. The summed E-state index contributed by atoms with van der Waals surface area (Å²) in [5.74, 6) is -0.132. The number of carbonyl (C=O) groups is 1. The smallest absolute Gasteiger partial charge is 0.263 e. The molecule has 1 amide bonds. The predicted molar refractivity (Wildman–Crippen MR) is 88.1 cm³/mol. The lowest BCUT2D eigenvalue weighted by Gasteiger charge is -2.32. The lowest BCUT2D eigenvalue weighted by atomic mass is 10.1. The second-order valence-electron chi connectivity index (χ2n) is 5.01. The number of nitrogens with zero attached hydrogens (tertiary/aromatic N) is 1. The first-order valence-corrected chi connectivity index (χ1v) is 8.12. The summed E-state index contributed by atoms with van der Waals surface area (Å²) >= 11 is 1.45. The Morgan fingerprint density at radius 2 is 2.33 bits per heavy atom. The molecule has 0 aliphatic carbocycles. The summed E-state index contributed by atoms with van der Waals surface area (Å²) in [7, 11) is 0. The van der Waals surface area contributed by atoms with E-state index in [1.807, 2.05) is 13.0 Å². The van der Waals surface area contributed by atoms with Crippen molar-refractivity contribution in [1.29, 1.82) is 0 Å². The summed E-state index contributed by atoms with van der Waals surface area (Å²) in [5.41, 5.74) is 6.51. The molecule has 5 nitrogen and oxygen atoms in total. The summed E-state index contributed by atoms with van der Waals surface area (Å²) in [6.07, 6.45) is 4.05. The van der Waals surface area contributed by atoms with Gasteiger partial charge in [-0.3, -0.25) is 4.79 Å². The Morgan fingerprint density at radius 1 is 1.62 bits per heavy atom. The van der Waals surface area contributed by atoms with Gasteiger partial charge in [-0.1, -0.05) is 6.08 Å². The molecule has 116 valence electrons. The topological polar surface area (TPSA) is 67.6 Å². The number of anilines is 2. The van der Waals surface area contributed by atoms with E-state index in [4.69, 9.17) is 10.5 Å². The standard InChI is InChI=1S/C15H23N3O2S/c1-3-7-17-15(19)14-12(16)10-13(21-14)18-8-5-11(6-9-18)20-4-2/h3,10-11H,1,4-9,16H2,2H3,(H,17,19). The van der Waals surface area contributed by atoms with Crippen LogP contribution in [0.5, 0.6) is 0 Å². The van der Waals surface area contributed by atoms with E-state index >= 15 is 0 Å². The predicted octanol–water partition coefficient (Wildman–Crippen LogP) is 2.25. The van der Waals surface area contributed by atoms with Crippen molar-refractivity contribution < 1.29 is 9.53 Å². The molecule has 21 heavy (non-hydrogen) atoms. The quantitative estimate of drug-likeness (QED) is 0.791. The summed E-state index contributed by atoms with van der Waals surface area (Å²) in [4.78, 5) is 14.9. The average molecular weight is 309 g/mol. The molecule has 1 aliphatic rings. The highest BCUT2D eigenvalue weighted by molar-refractivity contribution is 7.18. The van der Waals surface area contributed by atoms with Crippen molar-refractivity contribution in [3.63, 3.8) is 0 Å². The summed E-state index contributed by atoms with van der Waals surface area (Å²) in [6, 6.07) is 1.90. The number of carbonyl (C=O) groups excluding carboxylic acids is 1. The van der Waals surface area contributed by atoms with E-state index in [0.29, 0.717) is 23.2 Å². The zero-order valence-corrected chi connectivity index (χ0v) is 13.2. The fourth-order valence-electron chi connectivity index (χ4n) is 2.45. The van der Waals surface area contributed by atoms with Crippen LogP contribution in [0.15, 0.2) is 18.7 Å². The molecular weight excluding hydrogens is 286 g/mol. The van der Waals surface area contributed by atoms with E-state index in [1.54, 1.807) is 6.08 Å². The van der Waals surface area contributed by atoms with Crippen LogP contribution in [-0.4, -0.2) is 38.3 Å². The van der Waals surface area contributed by atoms with Crippen LogP contribution in [0.3, 0.4) is 0 Å². The second-order valence-corrected chi connectivity index (χ2v) is 6.04. The largest absolute Gasteiger partial charge is 0.397 e. The van der Waals surface area contributed by atoms with Gasteiger partial charge in [0.25, 0.3) is 5.91 Å². The average Bonchev–Trinajstić information content (AvgIpc) is 2.88. The number of amides is 1. The number of rotatable bonds is 6. The first kappa shape index (κ1) is 15.9. The molecule has 0 aromatic carbocycles. The van der Waals surface area contributed by atoms with E-state index in [9.17, 15) is 4.79 Å². The minimum atomic E-state index is -0.132. The highest BCUT2D eigenvalue weighted by atomic mass is 32.1. The van der Waals surface area contributed by atoms with Crippen LogP contribution in [-0.2, 0) is 4.74 Å². The van der Waals surface area contributed by atoms with E-state index in [0.717, 1.165) is 37.5 Å². The molecule has 1 aliphatic heterocycles. The van der Waals surface area contributed by atoms with E-state index in [1.165, 1.54) is 11.3 Å². The Hall–Kier alpha value is -1.53. The summed E-state index contributed by atoms with van der Waals surface area (Å²) in [5, 5.41) is 3.83. The third-order valence-corrected chi connectivity index (χ3v) is 4.73. The molecule has 0 spiro atoms. The third kappa shape index (κ3) is 3.98. The maximum Gasteiger partial charge on any atom is 0.263 e. The molecule has 1 saturated heterocycles. The van der Waals surface area contributed by atoms with Crippen LogP contribution in [0.1, 0.15) is 29.4 Å². The summed E-state index contributed by atoms with van der Waals surface area (Å²) in [6.45, 7) is 8.72. The minimum Gasteiger partial charge on any atom is -0.397 e. The SMILES string of the molecule is C=CCNC(=O)c1sc(N2CCC(OCC)CC2)cc1N. The monoisotopic (exact) mass is 309 g/mol. The number of thiophene rings is 1. The second kappa shape index (κ2) is 7.47. The fraction of sp³-hybridized carbons (Fsp3) is 0.533. The molecule has 1 fully saturated rings. The van der Waals surface area contributed by atoms with Crippen molar-refractivity contribution >= 4 is 27.9 Å². The molecule has 3 N–H and O–H groups in total. The molecular formula is C15H23N3O2S. The van der Waals surface area contributed by atoms with Gasteiger partial charge in [-0.25, -0.2) is 0 Å². The van der Waals surface area contributed by atoms with Gasteiger partial charge in [0.2, 0.25) is 0 Å². The molecule has 1 aromatic heterocycles. The molecule has 0 saturated carbocycles. The molecule has 0 atom stereocenters. The van der Waals surface area contributed by atoms with Gasteiger partial charge in [-0.2, -0.15) is 0 Å². The first-order chi connectivity index (χ1) is 10.2. The molecule has 2 heterocycles. The molecule has 2 rings (SSSR count). The zero-order chi connectivity index (χ0) is 15.2. The van der Waals surface area contributed by atoms with Crippen molar-refractivity contribution in [3.05, 3.63) is 23.6 Å². The van der Waals surface area contributed by atoms with E-state index in [-0.39, 0.29) is 5.91 Å². The fourth-order valence-corrected chi connectivity index (χ4v) is 3.50. The van der Waals surface area contributed by atoms with Gasteiger partial charge in [0.05, 0.1) is 16.8 Å². The van der Waals surface area contributed by atoms with Gasteiger partial charge >= 0.3 is 0 Å². The van der Waals surface area contributed by atoms with Crippen molar-refractivity contribution in [1.82, 2.24) is 5.32 Å². The molecule has 0 unspecified atom stereocenters. The van der Waals surface area contributed by atoms with Crippen LogP contribution in [0, 0.1) is 0 Å². The summed E-state index contributed by atoms with van der Waals surface area (Å²) < 4.78 is 5.66. The maximum atomic E-state index is 12.0. The van der Waals surface area contributed by atoms with Crippen molar-refractivity contribution in [2.24, 2.45) is 0 Å². The van der Waals surface area contributed by atoms with Gasteiger partial charge in [-0.05, 0) is 25.8 Å². The lowest BCUT2D eigenvalue weighted by molar-refractivity contribution is 0.0460. The van der Waals surface area contributed by atoms with Crippen LogP contribution >= 0.6 is 11.3 Å². The number of hydrogen-bond donors (Lipinski definition) is 2. The van der Waals surface area contributed by atoms with Crippen LogP contribution < -0.4 is 16.0 Å². The van der Waals surface area contributed by atoms with Gasteiger partial charge in [-0.15, -0.1) is 17.9 Å². The molecule has 1 aromatic rings. The van der Waals surface area contributed by atoms with Crippen LogP contribution in [0.4, 0.5) is 10.7 Å². The van der Waals surface area contributed by atoms with Gasteiger partial charge in [0.15, 0.2) is 0 Å². The lowest BCUT2D eigenvalue weighted by Crippen LogP contribution is -2.36. The van der Waals surface area contributed by atoms with Crippen molar-refractivity contribution in [3.8, 4) is 0 Å².